The first kappa shape index (κ1) is 15.4. The maximum atomic E-state index is 11.5. The Hall–Kier alpha value is -0.650. The fraction of sp³-hybridized carbons (Fsp3) is 0.923. The molecule has 1 saturated heterocycles. The lowest BCUT2D eigenvalue weighted by molar-refractivity contribution is -0.145. The normalized spacial score (nSPS) is 20.1. The summed E-state index contributed by atoms with van der Waals surface area (Å²) in [4.78, 5) is 16.1. The molecule has 2 N–H and O–H groups in total. The van der Waals surface area contributed by atoms with Crippen LogP contribution in [0.3, 0.4) is 0 Å². The lowest BCUT2D eigenvalue weighted by atomic mass is 10.0. The summed E-state index contributed by atoms with van der Waals surface area (Å²) in [6, 6.07) is 0.00688. The van der Waals surface area contributed by atoms with E-state index in [4.69, 9.17) is 10.5 Å². The fourth-order valence-corrected chi connectivity index (χ4v) is 2.46. The minimum atomic E-state index is -0.529. The second-order valence-electron chi connectivity index (χ2n) is 4.96. The second kappa shape index (κ2) is 7.71. The van der Waals surface area contributed by atoms with E-state index in [1.165, 1.54) is 0 Å². The Morgan fingerprint density at radius 1 is 1.44 bits per heavy atom. The third-order valence-electron chi connectivity index (χ3n) is 3.70. The number of hydrogen-bond acceptors (Lipinski definition) is 5. The summed E-state index contributed by atoms with van der Waals surface area (Å²) in [5, 5.41) is 0. The minimum absolute atomic E-state index is 0.296. The molecule has 18 heavy (non-hydrogen) atoms. The van der Waals surface area contributed by atoms with Crippen molar-refractivity contribution in [3.8, 4) is 0 Å². The number of carbonyl (C=O) groups is 1. The molecular formula is C13H27N3O2. The molecule has 0 saturated carbocycles. The van der Waals surface area contributed by atoms with Crippen molar-refractivity contribution in [1.82, 2.24) is 9.80 Å². The maximum absolute atomic E-state index is 11.5. The Morgan fingerprint density at radius 3 is 2.56 bits per heavy atom. The molecule has 1 rings (SSSR count). The van der Waals surface area contributed by atoms with Crippen molar-refractivity contribution >= 4 is 5.97 Å². The Morgan fingerprint density at radius 2 is 2.06 bits per heavy atom. The van der Waals surface area contributed by atoms with Crippen molar-refractivity contribution in [2.45, 2.75) is 38.8 Å². The maximum Gasteiger partial charge on any atom is 0.324 e. The van der Waals surface area contributed by atoms with Crippen LogP contribution >= 0.6 is 0 Å². The fourth-order valence-electron chi connectivity index (χ4n) is 2.46. The van der Waals surface area contributed by atoms with Gasteiger partial charge in [0.1, 0.15) is 6.04 Å². The van der Waals surface area contributed by atoms with Gasteiger partial charge in [-0.1, -0.05) is 6.92 Å². The number of nitrogens with two attached hydrogens (primary N) is 1. The molecule has 0 aromatic carbocycles. The van der Waals surface area contributed by atoms with Crippen molar-refractivity contribution in [3.63, 3.8) is 0 Å². The molecule has 0 aliphatic carbocycles. The van der Waals surface area contributed by atoms with Crippen LogP contribution in [0, 0.1) is 0 Å². The van der Waals surface area contributed by atoms with Gasteiger partial charge in [0.2, 0.25) is 0 Å². The zero-order valence-corrected chi connectivity index (χ0v) is 11.9. The van der Waals surface area contributed by atoms with Gasteiger partial charge in [-0.25, -0.2) is 0 Å². The standard InChI is InChI=1S/C13H27N3O2/c1-4-16-8-6-11(7-9-16)15(3)10-12(14)13(17)18-5-2/h11-12H,4-10,14H2,1-3H3. The zero-order valence-electron chi connectivity index (χ0n) is 11.9. The highest BCUT2D eigenvalue weighted by molar-refractivity contribution is 5.75. The molecule has 5 heteroatoms. The molecule has 106 valence electrons. The van der Waals surface area contributed by atoms with Gasteiger partial charge in [-0.15, -0.1) is 0 Å². The largest absolute Gasteiger partial charge is 0.465 e. The SMILES string of the molecule is CCOC(=O)C(N)CN(C)C1CCN(CC)CC1. The third-order valence-corrected chi connectivity index (χ3v) is 3.70. The molecule has 0 spiro atoms. The molecule has 5 nitrogen and oxygen atoms in total. The number of likely N-dealkylation sites (tertiary alicyclic amines) is 1. The summed E-state index contributed by atoms with van der Waals surface area (Å²) < 4.78 is 4.93. The van der Waals surface area contributed by atoms with E-state index in [1.807, 2.05) is 7.05 Å². The molecule has 0 aromatic rings. The van der Waals surface area contributed by atoms with E-state index in [1.54, 1.807) is 6.92 Å². The van der Waals surface area contributed by atoms with E-state index in [0.29, 0.717) is 19.2 Å². The predicted octanol–water partition coefficient (Wildman–Crippen LogP) is 0.293. The van der Waals surface area contributed by atoms with Crippen LogP contribution in [0.15, 0.2) is 0 Å². The number of piperidine rings is 1. The van der Waals surface area contributed by atoms with E-state index in [2.05, 4.69) is 16.7 Å². The van der Waals surface area contributed by atoms with Crippen molar-refractivity contribution in [2.24, 2.45) is 5.73 Å². The van der Waals surface area contributed by atoms with E-state index in [9.17, 15) is 4.79 Å². The summed E-state index contributed by atoms with van der Waals surface area (Å²) in [7, 11) is 2.05. The molecule has 1 aliphatic rings. The topological polar surface area (TPSA) is 58.8 Å². The van der Waals surface area contributed by atoms with Crippen molar-refractivity contribution in [1.29, 1.82) is 0 Å². The first-order valence-electron chi connectivity index (χ1n) is 6.93. The number of nitrogens with zero attached hydrogens (tertiary/aromatic N) is 2. The van der Waals surface area contributed by atoms with Crippen LogP contribution in [0.1, 0.15) is 26.7 Å². The van der Waals surface area contributed by atoms with Gasteiger partial charge in [0.25, 0.3) is 0 Å². The van der Waals surface area contributed by atoms with E-state index >= 15 is 0 Å². The van der Waals surface area contributed by atoms with Crippen LogP contribution in [0.25, 0.3) is 0 Å². The van der Waals surface area contributed by atoms with Crippen molar-refractivity contribution in [3.05, 3.63) is 0 Å². The van der Waals surface area contributed by atoms with Gasteiger partial charge in [-0.3, -0.25) is 4.79 Å². The number of ether oxygens (including phenoxy) is 1. The Kier molecular flexibility index (Phi) is 6.60. The highest BCUT2D eigenvalue weighted by atomic mass is 16.5. The predicted molar refractivity (Wildman–Crippen MR) is 72.4 cm³/mol. The summed E-state index contributed by atoms with van der Waals surface area (Å²) in [5.74, 6) is -0.296. The molecular weight excluding hydrogens is 230 g/mol. The molecule has 0 aromatic heterocycles. The Bertz CT molecular complexity index is 253. The molecule has 0 bridgehead atoms. The van der Waals surface area contributed by atoms with Gasteiger partial charge < -0.3 is 20.3 Å². The van der Waals surface area contributed by atoms with Gasteiger partial charge in [-0.2, -0.15) is 0 Å². The number of carbonyl (C=O) groups excluding carboxylic acids is 1. The zero-order chi connectivity index (χ0) is 13.5. The number of esters is 1. The van der Waals surface area contributed by atoms with E-state index in [-0.39, 0.29) is 5.97 Å². The van der Waals surface area contributed by atoms with Crippen LogP contribution < -0.4 is 5.73 Å². The third kappa shape index (κ3) is 4.55. The van der Waals surface area contributed by atoms with E-state index < -0.39 is 6.04 Å². The first-order chi connectivity index (χ1) is 8.58. The summed E-state index contributed by atoms with van der Waals surface area (Å²) >= 11 is 0. The lowest BCUT2D eigenvalue weighted by Gasteiger charge is -2.36. The van der Waals surface area contributed by atoms with Crippen LogP contribution in [0.5, 0.6) is 0 Å². The van der Waals surface area contributed by atoms with Gasteiger partial charge in [0, 0.05) is 12.6 Å². The van der Waals surface area contributed by atoms with Crippen LogP contribution in [0.4, 0.5) is 0 Å². The van der Waals surface area contributed by atoms with E-state index in [0.717, 1.165) is 32.5 Å². The molecule has 1 unspecified atom stereocenters. The highest BCUT2D eigenvalue weighted by Crippen LogP contribution is 2.15. The minimum Gasteiger partial charge on any atom is -0.465 e. The van der Waals surface area contributed by atoms with Crippen LogP contribution in [0.2, 0.25) is 0 Å². The molecule has 0 radical (unpaired) electrons. The summed E-state index contributed by atoms with van der Waals surface area (Å²) in [6.45, 7) is 8.37. The molecule has 1 fully saturated rings. The Labute approximate surface area is 110 Å². The lowest BCUT2D eigenvalue weighted by Crippen LogP contribution is -2.49. The van der Waals surface area contributed by atoms with Crippen molar-refractivity contribution in [2.75, 3.05) is 39.8 Å². The van der Waals surface area contributed by atoms with Crippen LogP contribution in [-0.4, -0.2) is 67.7 Å². The van der Waals surface area contributed by atoms with Gasteiger partial charge >= 0.3 is 5.97 Å². The number of hydrogen-bond donors (Lipinski definition) is 1. The second-order valence-corrected chi connectivity index (χ2v) is 4.96. The van der Waals surface area contributed by atoms with Crippen molar-refractivity contribution < 1.29 is 9.53 Å². The molecule has 0 amide bonds. The first-order valence-corrected chi connectivity index (χ1v) is 6.93. The average molecular weight is 257 g/mol. The van der Waals surface area contributed by atoms with Gasteiger partial charge in [0.05, 0.1) is 6.61 Å². The summed E-state index contributed by atoms with van der Waals surface area (Å²) in [5.41, 5.74) is 5.84. The summed E-state index contributed by atoms with van der Waals surface area (Å²) in [6.07, 6.45) is 2.31. The Balaban J connectivity index is 2.32. The number of likely N-dealkylation sites (N-methyl/N-ethyl adjacent to an activating group) is 1. The highest BCUT2D eigenvalue weighted by Gasteiger charge is 2.24. The quantitative estimate of drug-likeness (QED) is 0.693. The average Bonchev–Trinajstić information content (AvgIpc) is 2.39. The molecule has 1 aliphatic heterocycles. The number of rotatable bonds is 6. The van der Waals surface area contributed by atoms with Gasteiger partial charge in [0.15, 0.2) is 0 Å². The monoisotopic (exact) mass is 257 g/mol. The van der Waals surface area contributed by atoms with Gasteiger partial charge in [-0.05, 0) is 46.4 Å². The van der Waals surface area contributed by atoms with Crippen LogP contribution in [-0.2, 0) is 9.53 Å². The molecule has 1 heterocycles. The smallest absolute Gasteiger partial charge is 0.324 e. The molecule has 1 atom stereocenters.